The number of carbonyl (C=O) groups is 2. The molecule has 0 aliphatic rings. The third-order valence-electron chi connectivity index (χ3n) is 1.84. The van der Waals surface area contributed by atoms with Gasteiger partial charge in [0.05, 0.1) is 0 Å². The van der Waals surface area contributed by atoms with Crippen LogP contribution in [0.25, 0.3) is 0 Å². The van der Waals surface area contributed by atoms with Gasteiger partial charge in [-0.25, -0.2) is 4.79 Å². The summed E-state index contributed by atoms with van der Waals surface area (Å²) in [5.41, 5.74) is 1.52. The highest BCUT2D eigenvalue weighted by molar-refractivity contribution is 6.33. The number of carboxylic acids is 1. The number of halogens is 1. The Balaban J connectivity index is 2.83. The minimum Gasteiger partial charge on any atom is -0.475 e. The number of Topliss-reactive ketones (excluding diaryl/α,β-unsaturated/α-hetero) is 1. The maximum absolute atomic E-state index is 10.9. The van der Waals surface area contributed by atoms with Gasteiger partial charge in [-0.3, -0.25) is 4.79 Å². The van der Waals surface area contributed by atoms with Crippen molar-refractivity contribution in [3.05, 3.63) is 34.3 Å². The van der Waals surface area contributed by atoms with Crippen molar-refractivity contribution in [2.24, 2.45) is 0 Å². The molecule has 0 radical (unpaired) electrons. The Bertz CT molecular complexity index is 385. The van der Waals surface area contributed by atoms with E-state index in [-0.39, 0.29) is 6.42 Å². The van der Waals surface area contributed by atoms with Gasteiger partial charge >= 0.3 is 5.97 Å². The molecule has 0 bridgehead atoms. The maximum Gasteiger partial charge on any atom is 0.372 e. The van der Waals surface area contributed by atoms with E-state index in [1.54, 1.807) is 18.2 Å². The average Bonchev–Trinajstić information content (AvgIpc) is 2.11. The van der Waals surface area contributed by atoms with Gasteiger partial charge in [0.1, 0.15) is 0 Å². The number of rotatable bonds is 3. The number of hydrogen-bond acceptors (Lipinski definition) is 2. The Morgan fingerprint density at radius 2 is 2.07 bits per heavy atom. The van der Waals surface area contributed by atoms with Crippen molar-refractivity contribution in [3.63, 3.8) is 0 Å². The first-order valence-corrected chi connectivity index (χ1v) is 4.39. The third-order valence-corrected chi connectivity index (χ3v) is 2.25. The fraction of sp³-hybridized carbons (Fsp3) is 0.200. The molecule has 14 heavy (non-hydrogen) atoms. The summed E-state index contributed by atoms with van der Waals surface area (Å²) in [6.45, 7) is 1.84. The van der Waals surface area contributed by atoms with Crippen molar-refractivity contribution in [2.45, 2.75) is 13.3 Å². The predicted molar refractivity (Wildman–Crippen MR) is 52.5 cm³/mol. The van der Waals surface area contributed by atoms with Gasteiger partial charge in [0.2, 0.25) is 5.78 Å². The lowest BCUT2D eigenvalue weighted by molar-refractivity contribution is -0.148. The van der Waals surface area contributed by atoms with Crippen LogP contribution in [0, 0.1) is 6.92 Å². The van der Waals surface area contributed by atoms with Crippen LogP contribution in [0.4, 0.5) is 0 Å². The van der Waals surface area contributed by atoms with Crippen molar-refractivity contribution in [3.8, 4) is 0 Å². The highest BCUT2D eigenvalue weighted by atomic mass is 35.5. The molecule has 4 heteroatoms. The number of ketones is 1. The van der Waals surface area contributed by atoms with Crippen LogP contribution in [0.2, 0.25) is 5.02 Å². The van der Waals surface area contributed by atoms with Crippen LogP contribution >= 0.6 is 11.6 Å². The molecular weight excluding hydrogens is 204 g/mol. The average molecular weight is 213 g/mol. The van der Waals surface area contributed by atoms with Crippen molar-refractivity contribution in [2.75, 3.05) is 0 Å². The van der Waals surface area contributed by atoms with Crippen LogP contribution in [0.3, 0.4) is 0 Å². The molecule has 0 amide bonds. The molecule has 0 aliphatic heterocycles. The smallest absolute Gasteiger partial charge is 0.372 e. The fourth-order valence-corrected chi connectivity index (χ4v) is 1.21. The first-order chi connectivity index (χ1) is 6.50. The number of benzene rings is 1. The summed E-state index contributed by atoms with van der Waals surface area (Å²) in [6.07, 6.45) is -0.116. The summed E-state index contributed by atoms with van der Waals surface area (Å²) < 4.78 is 0. The van der Waals surface area contributed by atoms with E-state index in [4.69, 9.17) is 16.7 Å². The molecule has 0 saturated carbocycles. The molecule has 0 unspecified atom stereocenters. The Hall–Kier alpha value is -1.35. The monoisotopic (exact) mass is 212 g/mol. The quantitative estimate of drug-likeness (QED) is 0.778. The second kappa shape index (κ2) is 4.24. The highest BCUT2D eigenvalue weighted by Gasteiger charge is 2.12. The number of carboxylic acid groups (broad SMARTS) is 1. The molecule has 1 N–H and O–H groups in total. The van der Waals surface area contributed by atoms with Crippen molar-refractivity contribution in [1.29, 1.82) is 0 Å². The van der Waals surface area contributed by atoms with Crippen LogP contribution in [0.15, 0.2) is 18.2 Å². The molecule has 0 spiro atoms. The van der Waals surface area contributed by atoms with Crippen molar-refractivity contribution < 1.29 is 14.7 Å². The molecule has 1 rings (SSSR count). The van der Waals surface area contributed by atoms with E-state index in [1.807, 2.05) is 6.92 Å². The first-order valence-electron chi connectivity index (χ1n) is 4.02. The molecule has 0 saturated heterocycles. The van der Waals surface area contributed by atoms with Gasteiger partial charge in [0, 0.05) is 11.4 Å². The van der Waals surface area contributed by atoms with Gasteiger partial charge in [-0.1, -0.05) is 23.7 Å². The van der Waals surface area contributed by atoms with E-state index in [9.17, 15) is 9.59 Å². The molecule has 1 aromatic carbocycles. The SMILES string of the molecule is Cc1ccc(CC(=O)C(=O)O)cc1Cl. The molecule has 3 nitrogen and oxygen atoms in total. The summed E-state index contributed by atoms with van der Waals surface area (Å²) in [5, 5.41) is 8.93. The van der Waals surface area contributed by atoms with E-state index in [1.165, 1.54) is 0 Å². The maximum atomic E-state index is 10.9. The number of aryl methyl sites for hydroxylation is 1. The van der Waals surface area contributed by atoms with E-state index in [2.05, 4.69) is 0 Å². The lowest BCUT2D eigenvalue weighted by Crippen LogP contribution is -2.14. The Morgan fingerprint density at radius 3 is 2.57 bits per heavy atom. The van der Waals surface area contributed by atoms with E-state index >= 15 is 0 Å². The first kappa shape index (κ1) is 10.7. The number of aliphatic carboxylic acids is 1. The molecular formula is C10H9ClO3. The van der Waals surface area contributed by atoms with Crippen LogP contribution in [0.1, 0.15) is 11.1 Å². The molecule has 74 valence electrons. The molecule has 0 heterocycles. The Morgan fingerprint density at radius 1 is 1.43 bits per heavy atom. The zero-order valence-corrected chi connectivity index (χ0v) is 8.34. The minimum absolute atomic E-state index is 0.116. The van der Waals surface area contributed by atoms with Crippen LogP contribution in [-0.4, -0.2) is 16.9 Å². The molecule has 0 aliphatic carbocycles. The Kier molecular flexibility index (Phi) is 3.25. The van der Waals surface area contributed by atoms with Crippen molar-refractivity contribution >= 4 is 23.4 Å². The summed E-state index contributed by atoms with van der Waals surface area (Å²) >= 11 is 5.82. The summed E-state index contributed by atoms with van der Waals surface area (Å²) in [5.74, 6) is -2.24. The summed E-state index contributed by atoms with van der Waals surface area (Å²) in [7, 11) is 0. The second-order valence-corrected chi connectivity index (χ2v) is 3.40. The van der Waals surface area contributed by atoms with E-state index in [0.717, 1.165) is 5.56 Å². The summed E-state index contributed by atoms with van der Waals surface area (Å²) in [6, 6.07) is 5.06. The van der Waals surface area contributed by atoms with Crippen molar-refractivity contribution in [1.82, 2.24) is 0 Å². The molecule has 0 fully saturated rings. The van der Waals surface area contributed by atoms with E-state index in [0.29, 0.717) is 10.6 Å². The van der Waals surface area contributed by atoms with Gasteiger partial charge < -0.3 is 5.11 Å². The van der Waals surface area contributed by atoms with Crippen LogP contribution < -0.4 is 0 Å². The standard InChI is InChI=1S/C10H9ClO3/c1-6-2-3-7(4-8(6)11)5-9(12)10(13)14/h2-4H,5H2,1H3,(H,13,14). The van der Waals surface area contributed by atoms with Gasteiger partial charge in [0.25, 0.3) is 0 Å². The lowest BCUT2D eigenvalue weighted by Gasteiger charge is -2.01. The van der Waals surface area contributed by atoms with Crippen LogP contribution in [0.5, 0.6) is 0 Å². The molecule has 0 atom stereocenters. The largest absolute Gasteiger partial charge is 0.475 e. The zero-order valence-electron chi connectivity index (χ0n) is 7.58. The normalized spacial score (nSPS) is 9.86. The van der Waals surface area contributed by atoms with Gasteiger partial charge in [-0.15, -0.1) is 0 Å². The second-order valence-electron chi connectivity index (χ2n) is 2.99. The molecule has 0 aromatic heterocycles. The zero-order chi connectivity index (χ0) is 10.7. The van der Waals surface area contributed by atoms with E-state index < -0.39 is 11.8 Å². The van der Waals surface area contributed by atoms with Crippen LogP contribution in [-0.2, 0) is 16.0 Å². The number of hydrogen-bond donors (Lipinski definition) is 1. The lowest BCUT2D eigenvalue weighted by atomic mass is 10.1. The van der Waals surface area contributed by atoms with Gasteiger partial charge in [0.15, 0.2) is 0 Å². The fourth-order valence-electron chi connectivity index (χ4n) is 1.01. The highest BCUT2D eigenvalue weighted by Crippen LogP contribution is 2.16. The van der Waals surface area contributed by atoms with Gasteiger partial charge in [-0.05, 0) is 24.1 Å². The molecule has 1 aromatic rings. The van der Waals surface area contributed by atoms with Gasteiger partial charge in [-0.2, -0.15) is 0 Å². The minimum atomic E-state index is -1.42. The summed E-state index contributed by atoms with van der Waals surface area (Å²) in [4.78, 5) is 21.1. The third kappa shape index (κ3) is 2.57. The topological polar surface area (TPSA) is 54.4 Å². The Labute approximate surface area is 86.3 Å². The predicted octanol–water partition coefficient (Wildman–Crippen LogP) is 1.84. The number of carbonyl (C=O) groups excluding carboxylic acids is 1.